The molecule has 1 aliphatic rings. The second kappa shape index (κ2) is 7.88. The molecular weight excluding hydrogens is 352 g/mol. The maximum atomic E-state index is 12.5. The number of carbonyl (C=O) groups excluding carboxylic acids is 1. The Bertz CT molecular complexity index is 879. The molecule has 0 atom stereocenters. The molecule has 1 aliphatic heterocycles. The molecule has 0 aliphatic carbocycles. The van der Waals surface area contributed by atoms with E-state index in [1.54, 1.807) is 30.2 Å². The number of ether oxygens (including phenoxy) is 1. The summed E-state index contributed by atoms with van der Waals surface area (Å²) in [6.45, 7) is 0.815. The summed E-state index contributed by atoms with van der Waals surface area (Å²) < 4.78 is 32.9. The lowest BCUT2D eigenvalue weighted by Gasteiger charge is -2.26. The number of methoxy groups -OCH3 is 1. The highest BCUT2D eigenvalue weighted by atomic mass is 32.2. The number of anilines is 1. The number of amides is 1. The van der Waals surface area contributed by atoms with Crippen molar-refractivity contribution in [2.24, 2.45) is 0 Å². The van der Waals surface area contributed by atoms with Crippen molar-refractivity contribution in [1.82, 2.24) is 4.72 Å². The van der Waals surface area contributed by atoms with E-state index in [-0.39, 0.29) is 17.3 Å². The molecule has 0 saturated carbocycles. The Kier molecular flexibility index (Phi) is 5.58. The number of hydrogen-bond donors (Lipinski definition) is 1. The van der Waals surface area contributed by atoms with E-state index < -0.39 is 10.0 Å². The summed E-state index contributed by atoms with van der Waals surface area (Å²) >= 11 is 0. The number of sulfonamides is 1. The average molecular weight is 374 g/mol. The summed E-state index contributed by atoms with van der Waals surface area (Å²) in [4.78, 5) is 13.9. The first kappa shape index (κ1) is 18.4. The number of nitrogens with one attached hydrogen (secondary N) is 1. The first-order valence-electron chi connectivity index (χ1n) is 8.53. The molecule has 0 bridgehead atoms. The molecule has 0 aromatic heterocycles. The number of carbonyl (C=O) groups is 1. The fourth-order valence-electron chi connectivity index (χ4n) is 2.99. The molecule has 6 nitrogen and oxygen atoms in total. The third-order valence-electron chi connectivity index (χ3n) is 4.43. The van der Waals surface area contributed by atoms with Gasteiger partial charge in [-0.15, -0.1) is 0 Å². The van der Waals surface area contributed by atoms with Crippen LogP contribution in [0.15, 0.2) is 53.4 Å². The van der Waals surface area contributed by atoms with Gasteiger partial charge in [-0.25, -0.2) is 13.1 Å². The molecule has 1 heterocycles. The topological polar surface area (TPSA) is 75.7 Å². The smallest absolute Gasteiger partial charge is 0.240 e. The van der Waals surface area contributed by atoms with Gasteiger partial charge in [0.15, 0.2) is 0 Å². The highest BCUT2D eigenvalue weighted by Gasteiger charge is 2.21. The zero-order valence-corrected chi connectivity index (χ0v) is 15.5. The summed E-state index contributed by atoms with van der Waals surface area (Å²) in [5.74, 6) is 0.718. The quantitative estimate of drug-likeness (QED) is 0.843. The number of piperidine rings is 1. The number of rotatable bonds is 6. The van der Waals surface area contributed by atoms with Gasteiger partial charge in [-0.2, -0.15) is 0 Å². The van der Waals surface area contributed by atoms with Crippen molar-refractivity contribution in [1.29, 1.82) is 0 Å². The van der Waals surface area contributed by atoms with Crippen LogP contribution in [0.1, 0.15) is 24.8 Å². The molecule has 0 spiro atoms. The highest BCUT2D eigenvalue weighted by Crippen LogP contribution is 2.23. The Hall–Kier alpha value is -2.38. The number of benzene rings is 2. The predicted octanol–water partition coefficient (Wildman–Crippen LogP) is 2.69. The Labute approximate surface area is 153 Å². The molecule has 2 aromatic carbocycles. The van der Waals surface area contributed by atoms with Crippen LogP contribution < -0.4 is 14.4 Å². The normalized spacial score (nSPS) is 15.1. The van der Waals surface area contributed by atoms with E-state index in [4.69, 9.17) is 4.74 Å². The van der Waals surface area contributed by atoms with Crippen LogP contribution in [0.25, 0.3) is 0 Å². The van der Waals surface area contributed by atoms with Crippen molar-refractivity contribution in [2.75, 3.05) is 18.6 Å². The Morgan fingerprint density at radius 2 is 1.81 bits per heavy atom. The first-order chi connectivity index (χ1) is 12.5. The van der Waals surface area contributed by atoms with E-state index in [9.17, 15) is 13.2 Å². The lowest BCUT2D eigenvalue weighted by molar-refractivity contribution is -0.119. The average Bonchev–Trinajstić information content (AvgIpc) is 2.67. The van der Waals surface area contributed by atoms with Crippen molar-refractivity contribution in [2.45, 2.75) is 30.7 Å². The van der Waals surface area contributed by atoms with E-state index in [1.165, 1.54) is 12.1 Å². The van der Waals surface area contributed by atoms with Gasteiger partial charge >= 0.3 is 0 Å². The zero-order chi connectivity index (χ0) is 18.6. The Morgan fingerprint density at radius 1 is 1.08 bits per heavy atom. The van der Waals surface area contributed by atoms with Gasteiger partial charge in [0.05, 0.1) is 12.0 Å². The van der Waals surface area contributed by atoms with Crippen LogP contribution in [0.4, 0.5) is 5.69 Å². The van der Waals surface area contributed by atoms with E-state index >= 15 is 0 Å². The van der Waals surface area contributed by atoms with E-state index in [1.807, 2.05) is 18.2 Å². The lowest BCUT2D eigenvalue weighted by atomic mass is 10.1. The third-order valence-corrected chi connectivity index (χ3v) is 5.84. The van der Waals surface area contributed by atoms with Crippen molar-refractivity contribution in [3.63, 3.8) is 0 Å². The minimum Gasteiger partial charge on any atom is -0.496 e. The number of hydrogen-bond acceptors (Lipinski definition) is 4. The van der Waals surface area contributed by atoms with Crippen LogP contribution in [-0.4, -0.2) is 28.0 Å². The number of para-hydroxylation sites is 1. The fourth-order valence-corrected chi connectivity index (χ4v) is 4.00. The molecule has 1 fully saturated rings. The van der Waals surface area contributed by atoms with Crippen LogP contribution >= 0.6 is 0 Å². The van der Waals surface area contributed by atoms with Crippen molar-refractivity contribution < 1.29 is 17.9 Å². The Morgan fingerprint density at radius 3 is 2.50 bits per heavy atom. The molecule has 2 aromatic rings. The largest absolute Gasteiger partial charge is 0.496 e. The van der Waals surface area contributed by atoms with Gasteiger partial charge in [0.1, 0.15) is 5.75 Å². The van der Waals surface area contributed by atoms with Gasteiger partial charge in [-0.05, 0) is 43.2 Å². The van der Waals surface area contributed by atoms with E-state index in [0.29, 0.717) is 18.7 Å². The molecule has 0 radical (unpaired) electrons. The van der Waals surface area contributed by atoms with Crippen molar-refractivity contribution >= 4 is 21.6 Å². The molecule has 7 heteroatoms. The molecular formula is C19H22N2O4S. The van der Waals surface area contributed by atoms with Gasteiger partial charge in [-0.3, -0.25) is 4.79 Å². The maximum absolute atomic E-state index is 12.5. The molecule has 26 heavy (non-hydrogen) atoms. The van der Waals surface area contributed by atoms with Crippen molar-refractivity contribution in [3.05, 3.63) is 54.1 Å². The fraction of sp³-hybridized carbons (Fsp3) is 0.316. The zero-order valence-electron chi connectivity index (χ0n) is 14.6. The van der Waals surface area contributed by atoms with Crippen LogP contribution in [0.5, 0.6) is 5.75 Å². The molecule has 1 saturated heterocycles. The molecule has 138 valence electrons. The standard InChI is InChI=1S/C19H22N2O4S/c1-25-18-7-3-2-6-15(18)14-20-26(23,24)17-11-9-16(10-12-17)21-13-5-4-8-19(21)22/h2-3,6-7,9-12,20H,4-5,8,13-14H2,1H3. The monoisotopic (exact) mass is 374 g/mol. The maximum Gasteiger partial charge on any atom is 0.240 e. The molecule has 1 N–H and O–H groups in total. The second-order valence-corrected chi connectivity index (χ2v) is 7.90. The minimum atomic E-state index is -3.65. The Balaban J connectivity index is 1.72. The SMILES string of the molecule is COc1ccccc1CNS(=O)(=O)c1ccc(N2CCCCC2=O)cc1. The van der Waals surface area contributed by atoms with Crippen molar-refractivity contribution in [3.8, 4) is 5.75 Å². The van der Waals surface area contributed by atoms with Gasteiger partial charge in [0.25, 0.3) is 0 Å². The van der Waals surface area contributed by atoms with Gasteiger partial charge < -0.3 is 9.64 Å². The van der Waals surface area contributed by atoms with Crippen LogP contribution in [-0.2, 0) is 21.4 Å². The highest BCUT2D eigenvalue weighted by molar-refractivity contribution is 7.89. The van der Waals surface area contributed by atoms with Crippen LogP contribution in [0.3, 0.4) is 0 Å². The summed E-state index contributed by atoms with van der Waals surface area (Å²) in [7, 11) is -2.10. The summed E-state index contributed by atoms with van der Waals surface area (Å²) in [6.07, 6.45) is 2.42. The lowest BCUT2D eigenvalue weighted by Crippen LogP contribution is -2.35. The molecule has 0 unspecified atom stereocenters. The van der Waals surface area contributed by atoms with Gasteiger partial charge in [-0.1, -0.05) is 18.2 Å². The molecule has 1 amide bonds. The van der Waals surface area contributed by atoms with Gasteiger partial charge in [0.2, 0.25) is 15.9 Å². The first-order valence-corrected chi connectivity index (χ1v) is 10.0. The second-order valence-electron chi connectivity index (χ2n) is 6.13. The predicted molar refractivity (Wildman–Crippen MR) is 99.7 cm³/mol. The summed E-state index contributed by atoms with van der Waals surface area (Å²) in [5.41, 5.74) is 1.49. The number of nitrogens with zero attached hydrogens (tertiary/aromatic N) is 1. The summed E-state index contributed by atoms with van der Waals surface area (Å²) in [6, 6.07) is 13.7. The van der Waals surface area contributed by atoms with E-state index in [2.05, 4.69) is 4.72 Å². The van der Waals surface area contributed by atoms with Gasteiger partial charge in [0, 0.05) is 30.8 Å². The van der Waals surface area contributed by atoms with Crippen LogP contribution in [0, 0.1) is 0 Å². The minimum absolute atomic E-state index is 0.0844. The summed E-state index contributed by atoms with van der Waals surface area (Å²) in [5, 5.41) is 0. The third kappa shape index (κ3) is 4.05. The van der Waals surface area contributed by atoms with E-state index in [0.717, 1.165) is 24.1 Å². The van der Waals surface area contributed by atoms with Crippen LogP contribution in [0.2, 0.25) is 0 Å². The molecule has 3 rings (SSSR count).